The Balaban J connectivity index is 1.84. The molecule has 3 aromatic heterocycles. The highest BCUT2D eigenvalue weighted by atomic mass is 32.2. The molecule has 1 aromatic carbocycles. The maximum absolute atomic E-state index is 14.2. The summed E-state index contributed by atoms with van der Waals surface area (Å²) in [7, 11) is -3.19. The van der Waals surface area contributed by atoms with Gasteiger partial charge in [-0.2, -0.15) is 27.3 Å². The van der Waals surface area contributed by atoms with Gasteiger partial charge in [0, 0.05) is 17.6 Å². The second kappa shape index (κ2) is 6.09. The van der Waals surface area contributed by atoms with E-state index in [1.54, 1.807) is 12.1 Å². The normalized spacial score (nSPS) is 11.8. The average Bonchev–Trinajstić information content (AvgIpc) is 3.08. The van der Waals surface area contributed by atoms with Crippen LogP contribution in [0.25, 0.3) is 16.6 Å². The third-order valence-corrected chi connectivity index (χ3v) is 4.75. The first-order valence-corrected chi connectivity index (χ1v) is 8.91. The van der Waals surface area contributed by atoms with E-state index in [9.17, 15) is 17.2 Å². The second-order valence-electron chi connectivity index (χ2n) is 5.33. The van der Waals surface area contributed by atoms with Crippen LogP contribution in [0.15, 0.2) is 41.7 Å². The number of ether oxygens (including phenoxy) is 1. The predicted molar refractivity (Wildman–Crippen MR) is 89.8 cm³/mol. The second-order valence-corrected chi connectivity index (χ2v) is 6.91. The average molecular weight is 392 g/mol. The van der Waals surface area contributed by atoms with Crippen LogP contribution in [0.2, 0.25) is 0 Å². The molecular weight excluding hydrogens is 382 g/mol. The first-order valence-electron chi connectivity index (χ1n) is 7.42. The zero-order valence-corrected chi connectivity index (χ0v) is 14.4. The summed E-state index contributed by atoms with van der Waals surface area (Å²) in [6.07, 6.45) is 1.40. The molecule has 12 heteroatoms. The number of fused-ring (bicyclic) bond motifs is 2. The van der Waals surface area contributed by atoms with Crippen molar-refractivity contribution in [2.75, 3.05) is 11.8 Å². The first kappa shape index (κ1) is 17.0. The minimum atomic E-state index is -4.41. The van der Waals surface area contributed by atoms with E-state index in [0.29, 0.717) is 5.39 Å². The van der Waals surface area contributed by atoms with Crippen molar-refractivity contribution < 1.29 is 21.9 Å². The highest BCUT2D eigenvalue weighted by Gasteiger charge is 2.25. The van der Waals surface area contributed by atoms with Gasteiger partial charge in [-0.15, -0.1) is 5.10 Å². The molecule has 0 amide bonds. The quantitative estimate of drug-likeness (QED) is 0.527. The van der Waals surface area contributed by atoms with Crippen molar-refractivity contribution >= 4 is 32.3 Å². The number of pyridine rings is 1. The fourth-order valence-corrected chi connectivity index (χ4v) is 3.42. The van der Waals surface area contributed by atoms with Crippen LogP contribution in [-0.4, -0.2) is 40.1 Å². The predicted octanol–water partition coefficient (Wildman–Crippen LogP) is 1.76. The van der Waals surface area contributed by atoms with E-state index in [4.69, 9.17) is 4.74 Å². The Morgan fingerprint density at radius 3 is 2.78 bits per heavy atom. The van der Waals surface area contributed by atoms with Crippen molar-refractivity contribution in [2.45, 2.75) is 5.16 Å². The van der Waals surface area contributed by atoms with Crippen LogP contribution in [-0.2, 0) is 10.0 Å². The smallest absolute Gasteiger partial charge is 0.322 e. The monoisotopic (exact) mass is 392 g/mol. The zero-order valence-electron chi connectivity index (χ0n) is 13.6. The van der Waals surface area contributed by atoms with Crippen molar-refractivity contribution in [3.8, 4) is 6.01 Å². The van der Waals surface area contributed by atoms with Crippen molar-refractivity contribution in [1.29, 1.82) is 0 Å². The molecule has 9 nitrogen and oxygen atoms in total. The molecule has 0 fully saturated rings. The van der Waals surface area contributed by atoms with E-state index in [-0.39, 0.29) is 22.9 Å². The van der Waals surface area contributed by atoms with Crippen LogP contribution in [0.5, 0.6) is 6.01 Å². The van der Waals surface area contributed by atoms with E-state index in [1.165, 1.54) is 19.4 Å². The Morgan fingerprint density at radius 2 is 2.00 bits per heavy atom. The molecule has 27 heavy (non-hydrogen) atoms. The van der Waals surface area contributed by atoms with Crippen LogP contribution in [0.4, 0.5) is 14.5 Å². The third kappa shape index (κ3) is 2.89. The van der Waals surface area contributed by atoms with Crippen LogP contribution < -0.4 is 9.46 Å². The summed E-state index contributed by atoms with van der Waals surface area (Å²) in [5.41, 5.74) is -0.366. The Bertz CT molecular complexity index is 1290. The molecule has 4 rings (SSSR count). The van der Waals surface area contributed by atoms with Crippen molar-refractivity contribution in [2.24, 2.45) is 0 Å². The van der Waals surface area contributed by atoms with Gasteiger partial charge in [-0.3, -0.25) is 9.71 Å². The fraction of sp³-hybridized carbons (Fsp3) is 0.0667. The Labute approximate surface area is 150 Å². The van der Waals surface area contributed by atoms with Gasteiger partial charge < -0.3 is 4.74 Å². The number of hydrogen-bond donors (Lipinski definition) is 1. The number of halogens is 2. The summed E-state index contributed by atoms with van der Waals surface area (Å²) in [5.74, 6) is -1.74. The lowest BCUT2D eigenvalue weighted by atomic mass is 10.2. The molecule has 0 atom stereocenters. The van der Waals surface area contributed by atoms with Gasteiger partial charge in [0.25, 0.3) is 15.2 Å². The van der Waals surface area contributed by atoms with E-state index in [0.717, 1.165) is 16.6 Å². The van der Waals surface area contributed by atoms with Crippen LogP contribution >= 0.6 is 0 Å². The lowest BCUT2D eigenvalue weighted by Gasteiger charge is -2.09. The number of benzene rings is 1. The first-order chi connectivity index (χ1) is 12.9. The van der Waals surface area contributed by atoms with Crippen LogP contribution in [0.3, 0.4) is 0 Å². The van der Waals surface area contributed by atoms with E-state index >= 15 is 0 Å². The maximum atomic E-state index is 14.2. The van der Waals surface area contributed by atoms with Gasteiger partial charge in [0.1, 0.15) is 11.5 Å². The summed E-state index contributed by atoms with van der Waals surface area (Å²) in [4.78, 5) is 11.2. The topological polar surface area (TPSA) is 111 Å². The molecule has 0 saturated carbocycles. The SMILES string of the molecule is COc1nc(F)cc2nc(S(=O)(=O)Nc3c(F)ccc4cccnc34)nn12. The van der Waals surface area contributed by atoms with Crippen LogP contribution in [0.1, 0.15) is 0 Å². The zero-order chi connectivity index (χ0) is 19.2. The van der Waals surface area contributed by atoms with Gasteiger partial charge in [-0.25, -0.2) is 4.39 Å². The molecule has 3 heterocycles. The molecule has 138 valence electrons. The molecule has 0 aliphatic rings. The van der Waals surface area contributed by atoms with Gasteiger partial charge in [-0.05, 0) is 18.2 Å². The van der Waals surface area contributed by atoms with Crippen molar-refractivity contribution in [3.05, 3.63) is 48.3 Å². The van der Waals surface area contributed by atoms with Gasteiger partial charge in [0.05, 0.1) is 12.6 Å². The highest BCUT2D eigenvalue weighted by Crippen LogP contribution is 2.26. The minimum absolute atomic E-state index is 0.120. The Kier molecular flexibility index (Phi) is 3.84. The number of nitrogens with zero attached hydrogens (tertiary/aromatic N) is 5. The number of sulfonamides is 1. The van der Waals surface area contributed by atoms with E-state index in [1.807, 2.05) is 0 Å². The van der Waals surface area contributed by atoms with Gasteiger partial charge >= 0.3 is 6.01 Å². The van der Waals surface area contributed by atoms with Gasteiger partial charge in [0.2, 0.25) is 5.95 Å². The summed E-state index contributed by atoms with van der Waals surface area (Å²) in [6.45, 7) is 0. The molecule has 0 aliphatic carbocycles. The molecule has 4 aromatic rings. The molecule has 0 saturated heterocycles. The maximum Gasteiger partial charge on any atom is 0.322 e. The summed E-state index contributed by atoms with van der Waals surface area (Å²) in [6, 6.07) is 6.46. The minimum Gasteiger partial charge on any atom is -0.467 e. The summed E-state index contributed by atoms with van der Waals surface area (Å²) >= 11 is 0. The Morgan fingerprint density at radius 1 is 1.19 bits per heavy atom. The molecular formula is C15H10F2N6O3S. The molecule has 0 aliphatic heterocycles. The highest BCUT2D eigenvalue weighted by molar-refractivity contribution is 7.92. The summed E-state index contributed by atoms with van der Waals surface area (Å²) < 4.78 is 60.9. The number of aromatic nitrogens is 5. The molecule has 0 spiro atoms. The number of methoxy groups -OCH3 is 1. The standard InChI is InChI=1S/C15H10F2N6O3S/c1-26-15-19-10(17)7-11-20-14(21-23(11)15)27(24,25)22-13-9(16)5-4-8-3-2-6-18-12(8)13/h2-7,22H,1H3. The number of anilines is 1. The lowest BCUT2D eigenvalue weighted by molar-refractivity contribution is 0.356. The molecule has 0 unspecified atom stereocenters. The van der Waals surface area contributed by atoms with Crippen LogP contribution in [0, 0.1) is 11.8 Å². The van der Waals surface area contributed by atoms with E-state index < -0.39 is 26.9 Å². The van der Waals surface area contributed by atoms with Gasteiger partial charge in [0.15, 0.2) is 5.65 Å². The lowest BCUT2D eigenvalue weighted by Crippen LogP contribution is -2.16. The third-order valence-electron chi connectivity index (χ3n) is 3.63. The fourth-order valence-electron chi connectivity index (χ4n) is 2.46. The Hall–Kier alpha value is -3.41. The van der Waals surface area contributed by atoms with E-state index in [2.05, 4.69) is 24.8 Å². The van der Waals surface area contributed by atoms with Crippen molar-refractivity contribution in [3.63, 3.8) is 0 Å². The van der Waals surface area contributed by atoms with Gasteiger partial charge in [-0.1, -0.05) is 6.07 Å². The molecule has 0 radical (unpaired) electrons. The molecule has 0 bridgehead atoms. The van der Waals surface area contributed by atoms with Crippen molar-refractivity contribution in [1.82, 2.24) is 24.6 Å². The number of rotatable bonds is 4. The molecule has 1 N–H and O–H groups in total. The number of nitrogens with one attached hydrogen (secondary N) is 1. The summed E-state index contributed by atoms with van der Waals surface area (Å²) in [5, 5.41) is 3.59. The number of hydrogen-bond acceptors (Lipinski definition) is 7. The largest absolute Gasteiger partial charge is 0.467 e.